The lowest BCUT2D eigenvalue weighted by atomic mass is 9.47. The quantitative estimate of drug-likeness (QED) is 0.196. The van der Waals surface area contributed by atoms with Gasteiger partial charge in [-0.25, -0.2) is 4.79 Å². The second kappa shape index (κ2) is 11.0. The van der Waals surface area contributed by atoms with Gasteiger partial charge in [0.1, 0.15) is 6.10 Å². The molecule has 0 saturated heterocycles. The van der Waals surface area contributed by atoms with Gasteiger partial charge in [0.25, 0.3) is 0 Å². The predicted molar refractivity (Wildman–Crippen MR) is 149 cm³/mol. The average Bonchev–Trinajstić information content (AvgIpc) is 3.23. The highest BCUT2D eigenvalue weighted by Crippen LogP contribution is 2.66. The van der Waals surface area contributed by atoms with Gasteiger partial charge in [-0.15, -0.1) is 0 Å². The van der Waals surface area contributed by atoms with Crippen LogP contribution in [0.4, 0.5) is 0 Å². The zero-order valence-electron chi connectivity index (χ0n) is 23.3. The molecule has 0 aromatic heterocycles. The molecule has 3 fully saturated rings. The van der Waals surface area contributed by atoms with E-state index in [4.69, 9.17) is 4.74 Å². The minimum absolute atomic E-state index is 0.0376. The molecule has 0 unspecified atom stereocenters. The number of esters is 1. The van der Waals surface area contributed by atoms with Crippen molar-refractivity contribution in [3.05, 3.63) is 47.5 Å². The Bertz CT molecular complexity index is 918. The maximum absolute atomic E-state index is 12.7. The fourth-order valence-corrected chi connectivity index (χ4v) is 9.28. The van der Waals surface area contributed by atoms with Crippen LogP contribution in [0.5, 0.6) is 0 Å². The summed E-state index contributed by atoms with van der Waals surface area (Å²) >= 11 is 0. The molecule has 0 N–H and O–H groups in total. The fourth-order valence-electron chi connectivity index (χ4n) is 9.28. The summed E-state index contributed by atoms with van der Waals surface area (Å²) in [6, 6.07) is 9.50. The van der Waals surface area contributed by atoms with Gasteiger partial charge in [-0.1, -0.05) is 89.1 Å². The SMILES string of the molecule is CCCCCCCC[C@H]1CC[C@H]2[C@@H]3CC=C4C[C@@H](OC(=O)c5ccccc5)CC[C@]4(C)[C@H]3CC[C@]12C. The number of allylic oxidation sites excluding steroid dienone is 1. The van der Waals surface area contributed by atoms with E-state index in [9.17, 15) is 4.79 Å². The van der Waals surface area contributed by atoms with Gasteiger partial charge in [-0.2, -0.15) is 0 Å². The van der Waals surface area contributed by atoms with Crippen LogP contribution in [0.3, 0.4) is 0 Å². The molecular formula is C34H50O2. The monoisotopic (exact) mass is 490 g/mol. The Morgan fingerprint density at radius 2 is 1.69 bits per heavy atom. The van der Waals surface area contributed by atoms with E-state index in [1.807, 2.05) is 30.3 Å². The highest BCUT2D eigenvalue weighted by molar-refractivity contribution is 5.89. The number of benzene rings is 1. The van der Waals surface area contributed by atoms with Crippen molar-refractivity contribution in [3.8, 4) is 0 Å². The van der Waals surface area contributed by atoms with Crippen molar-refractivity contribution < 1.29 is 9.53 Å². The van der Waals surface area contributed by atoms with Crippen molar-refractivity contribution in [1.29, 1.82) is 0 Å². The first-order chi connectivity index (χ1) is 17.5. The zero-order chi connectivity index (χ0) is 25.2. The largest absolute Gasteiger partial charge is 0.458 e. The lowest BCUT2D eigenvalue weighted by Gasteiger charge is -2.58. The lowest BCUT2D eigenvalue weighted by molar-refractivity contribution is -0.0536. The van der Waals surface area contributed by atoms with E-state index in [-0.39, 0.29) is 12.1 Å². The number of rotatable bonds is 9. The number of hydrogen-bond donors (Lipinski definition) is 0. The minimum atomic E-state index is -0.158. The van der Waals surface area contributed by atoms with Gasteiger partial charge >= 0.3 is 5.97 Å². The van der Waals surface area contributed by atoms with Gasteiger partial charge < -0.3 is 4.74 Å². The van der Waals surface area contributed by atoms with Gasteiger partial charge in [-0.05, 0) is 98.0 Å². The highest BCUT2D eigenvalue weighted by Gasteiger charge is 2.58. The molecule has 3 saturated carbocycles. The van der Waals surface area contributed by atoms with E-state index in [1.54, 1.807) is 5.57 Å². The van der Waals surface area contributed by atoms with Crippen LogP contribution >= 0.6 is 0 Å². The summed E-state index contributed by atoms with van der Waals surface area (Å²) in [7, 11) is 0. The molecule has 4 aliphatic rings. The number of fused-ring (bicyclic) bond motifs is 5. The van der Waals surface area contributed by atoms with E-state index >= 15 is 0 Å². The van der Waals surface area contributed by atoms with E-state index in [1.165, 1.54) is 83.5 Å². The van der Waals surface area contributed by atoms with E-state index in [0.29, 0.717) is 16.4 Å². The summed E-state index contributed by atoms with van der Waals surface area (Å²) in [4.78, 5) is 12.7. The van der Waals surface area contributed by atoms with Gasteiger partial charge in [0.05, 0.1) is 5.56 Å². The Balaban J connectivity index is 1.20. The summed E-state index contributed by atoms with van der Waals surface area (Å²) in [5, 5.41) is 0. The maximum Gasteiger partial charge on any atom is 0.338 e. The lowest BCUT2D eigenvalue weighted by Crippen LogP contribution is -2.50. The van der Waals surface area contributed by atoms with E-state index in [2.05, 4.69) is 26.8 Å². The number of hydrogen-bond acceptors (Lipinski definition) is 2. The van der Waals surface area contributed by atoms with Crippen molar-refractivity contribution >= 4 is 5.97 Å². The molecule has 2 heteroatoms. The predicted octanol–water partition coefficient (Wildman–Crippen LogP) is 9.54. The minimum Gasteiger partial charge on any atom is -0.458 e. The summed E-state index contributed by atoms with van der Waals surface area (Å²) < 4.78 is 6.00. The molecule has 0 amide bonds. The molecular weight excluding hydrogens is 440 g/mol. The summed E-state index contributed by atoms with van der Waals surface area (Å²) in [5.41, 5.74) is 3.17. The molecule has 1 aromatic carbocycles. The van der Waals surface area contributed by atoms with Crippen LogP contribution in [-0.2, 0) is 4.74 Å². The van der Waals surface area contributed by atoms with Gasteiger partial charge in [0.15, 0.2) is 0 Å². The maximum atomic E-state index is 12.7. The molecule has 198 valence electrons. The normalized spacial score (nSPS) is 37.4. The molecule has 0 spiro atoms. The van der Waals surface area contributed by atoms with Gasteiger partial charge in [-0.3, -0.25) is 0 Å². The van der Waals surface area contributed by atoms with Crippen LogP contribution in [0.2, 0.25) is 0 Å². The average molecular weight is 491 g/mol. The summed E-state index contributed by atoms with van der Waals surface area (Å²) in [6.45, 7) is 7.56. The van der Waals surface area contributed by atoms with E-state index < -0.39 is 0 Å². The third-order valence-corrected chi connectivity index (χ3v) is 11.4. The second-order valence-electron chi connectivity index (χ2n) is 13.3. The third kappa shape index (κ3) is 4.95. The zero-order valence-corrected chi connectivity index (χ0v) is 23.3. The smallest absolute Gasteiger partial charge is 0.338 e. The van der Waals surface area contributed by atoms with Crippen molar-refractivity contribution in [2.45, 2.75) is 123 Å². The van der Waals surface area contributed by atoms with Crippen LogP contribution < -0.4 is 0 Å². The first kappa shape index (κ1) is 26.1. The van der Waals surface area contributed by atoms with Crippen LogP contribution in [0.25, 0.3) is 0 Å². The van der Waals surface area contributed by atoms with Crippen LogP contribution in [0.1, 0.15) is 127 Å². The molecule has 0 aliphatic heterocycles. The summed E-state index contributed by atoms with van der Waals surface area (Å²) in [6.07, 6.45) is 22.9. The number of carbonyl (C=O) groups excluding carboxylic acids is 1. The third-order valence-electron chi connectivity index (χ3n) is 11.4. The molecule has 5 rings (SSSR count). The molecule has 0 heterocycles. The van der Waals surface area contributed by atoms with Crippen LogP contribution in [0.15, 0.2) is 42.0 Å². The van der Waals surface area contributed by atoms with E-state index in [0.717, 1.165) is 36.5 Å². The Morgan fingerprint density at radius 1 is 0.917 bits per heavy atom. The Morgan fingerprint density at radius 3 is 2.50 bits per heavy atom. The molecule has 0 radical (unpaired) electrons. The molecule has 1 aromatic rings. The fraction of sp³-hybridized carbons (Fsp3) is 0.735. The number of ether oxygens (including phenoxy) is 1. The Hall–Kier alpha value is -1.57. The molecule has 0 bridgehead atoms. The molecule has 36 heavy (non-hydrogen) atoms. The van der Waals surface area contributed by atoms with Gasteiger partial charge in [0, 0.05) is 6.42 Å². The van der Waals surface area contributed by atoms with Crippen LogP contribution in [0, 0.1) is 34.5 Å². The van der Waals surface area contributed by atoms with Crippen molar-refractivity contribution in [2.75, 3.05) is 0 Å². The molecule has 2 nitrogen and oxygen atoms in total. The van der Waals surface area contributed by atoms with Crippen molar-refractivity contribution in [2.24, 2.45) is 34.5 Å². The first-order valence-corrected chi connectivity index (χ1v) is 15.4. The highest BCUT2D eigenvalue weighted by atomic mass is 16.5. The Labute approximate surface area is 220 Å². The van der Waals surface area contributed by atoms with Crippen molar-refractivity contribution in [3.63, 3.8) is 0 Å². The van der Waals surface area contributed by atoms with Crippen molar-refractivity contribution in [1.82, 2.24) is 0 Å². The Kier molecular flexibility index (Phi) is 7.99. The summed E-state index contributed by atoms with van der Waals surface area (Å²) in [5.74, 6) is 3.42. The molecule has 4 aliphatic carbocycles. The molecule has 7 atom stereocenters. The van der Waals surface area contributed by atoms with Crippen LogP contribution in [-0.4, -0.2) is 12.1 Å². The number of carbonyl (C=O) groups is 1. The standard InChI is InChI=1S/C34H50O2/c1-4-5-6-7-8-12-15-26-17-19-30-29-18-16-27-24-28(36-32(35)25-13-10-9-11-14-25)20-22-34(27,3)31(29)21-23-33(26,30)2/h9-11,13-14,16,26,28-31H,4-8,12,15,17-24H2,1-3H3/t26-,28-,29-,30-,31-,33+,34-/m0/s1. The second-order valence-corrected chi connectivity index (χ2v) is 13.3. The van der Waals surface area contributed by atoms with Gasteiger partial charge in [0.2, 0.25) is 0 Å². The topological polar surface area (TPSA) is 26.3 Å². The number of unbranched alkanes of at least 4 members (excludes halogenated alkanes) is 5. The first-order valence-electron chi connectivity index (χ1n) is 15.4.